The summed E-state index contributed by atoms with van der Waals surface area (Å²) in [6.45, 7) is 1.60. The molecule has 1 aliphatic rings. The zero-order valence-corrected chi connectivity index (χ0v) is 18.5. The average Bonchev–Trinajstić information content (AvgIpc) is 2.58. The third-order valence-electron chi connectivity index (χ3n) is 2.99. The Morgan fingerprint density at radius 3 is 0.913 bits per heavy atom. The lowest BCUT2D eigenvalue weighted by Crippen LogP contribution is -2.73. The van der Waals surface area contributed by atoms with Gasteiger partial charge in [0.2, 0.25) is 0 Å². The van der Waals surface area contributed by atoms with Crippen LogP contribution in [-0.2, 0) is 47.4 Å². The lowest BCUT2D eigenvalue weighted by atomic mass is 11.8. The molecule has 0 unspecified atom stereocenters. The fourth-order valence-corrected chi connectivity index (χ4v) is 15.1. The minimum Gasteiger partial charge on any atom is -0.378 e. The van der Waals surface area contributed by atoms with Crippen LogP contribution in [0.2, 0.25) is 6.55 Å². The van der Waals surface area contributed by atoms with Crippen LogP contribution in [0, 0.1) is 0 Å². The van der Waals surface area contributed by atoms with Gasteiger partial charge >= 0.3 is 35.9 Å². The van der Waals surface area contributed by atoms with Gasteiger partial charge in [0.15, 0.2) is 0 Å². The molecule has 1 fully saturated rings. The first-order valence-electron chi connectivity index (χ1n) is 6.42. The van der Waals surface area contributed by atoms with Gasteiger partial charge in [-0.25, -0.2) is 0 Å². The minimum atomic E-state index is -3.80. The summed E-state index contributed by atoms with van der Waals surface area (Å²) in [6.07, 6.45) is 0. The summed E-state index contributed by atoms with van der Waals surface area (Å²) in [4.78, 5) is 0. The van der Waals surface area contributed by atoms with Crippen molar-refractivity contribution in [2.45, 2.75) is 6.55 Å². The second-order valence-electron chi connectivity index (χ2n) is 4.20. The molecule has 11 nitrogen and oxygen atoms in total. The average molecular weight is 409 g/mol. The molecule has 0 spiro atoms. The summed E-state index contributed by atoms with van der Waals surface area (Å²) in [5.41, 5.74) is 0. The molecule has 1 aliphatic heterocycles. The van der Waals surface area contributed by atoms with E-state index in [2.05, 4.69) is 0 Å². The van der Waals surface area contributed by atoms with E-state index in [-0.39, 0.29) is 0 Å². The Labute approximate surface area is 140 Å². The molecule has 0 aromatic carbocycles. The first-order chi connectivity index (χ1) is 10.8. The second kappa shape index (κ2) is 8.20. The van der Waals surface area contributed by atoms with E-state index < -0.39 is 35.9 Å². The summed E-state index contributed by atoms with van der Waals surface area (Å²) < 4.78 is 60.7. The maximum absolute atomic E-state index is 5.87. The third-order valence-corrected chi connectivity index (χ3v) is 15.7. The molecule has 0 aromatic rings. The smallest absolute Gasteiger partial charge is 0.378 e. The van der Waals surface area contributed by atoms with Crippen LogP contribution in [0.25, 0.3) is 0 Å². The largest absolute Gasteiger partial charge is 0.667 e. The van der Waals surface area contributed by atoms with Crippen molar-refractivity contribution in [2.24, 2.45) is 0 Å². The van der Waals surface area contributed by atoms with Gasteiger partial charge in [0.05, 0.1) is 0 Å². The minimum absolute atomic E-state index is 1.35. The fraction of sp³-hybridized carbons (Fsp3) is 1.00. The Morgan fingerprint density at radius 1 is 0.435 bits per heavy atom. The Hall–Kier alpha value is 0.428. The number of rotatable bonds is 7. The van der Waals surface area contributed by atoms with Crippen LogP contribution in [0.15, 0.2) is 0 Å². The first kappa shape index (κ1) is 21.5. The van der Waals surface area contributed by atoms with Gasteiger partial charge in [0.25, 0.3) is 0 Å². The molecule has 1 heterocycles. The molecule has 0 radical (unpaired) electrons. The highest BCUT2D eigenvalue weighted by Crippen LogP contribution is 2.32. The quantitative estimate of drug-likeness (QED) is 0.508. The van der Waals surface area contributed by atoms with Crippen LogP contribution >= 0.6 is 0 Å². The normalized spacial score (nSPS) is 25.6. The third kappa shape index (κ3) is 4.53. The molecule has 138 valence electrons. The highest BCUT2D eigenvalue weighted by atomic mass is 28.6. The molecule has 15 heteroatoms. The van der Waals surface area contributed by atoms with E-state index in [1.165, 1.54) is 49.8 Å². The Morgan fingerprint density at radius 2 is 0.696 bits per heavy atom. The molecule has 1 rings (SSSR count). The van der Waals surface area contributed by atoms with Gasteiger partial charge in [-0.2, -0.15) is 0 Å². The Bertz CT molecular complexity index is 347. The summed E-state index contributed by atoms with van der Waals surface area (Å²) in [7, 11) is -5.04. The van der Waals surface area contributed by atoms with Crippen molar-refractivity contribution in [3.8, 4) is 0 Å². The molecular formula is C8H24O11Si4. The van der Waals surface area contributed by atoms with Crippen LogP contribution in [0.4, 0.5) is 0 Å². The second-order valence-corrected chi connectivity index (χ2v) is 15.0. The van der Waals surface area contributed by atoms with Crippen LogP contribution in [0.5, 0.6) is 0 Å². The van der Waals surface area contributed by atoms with Gasteiger partial charge in [-0.15, -0.1) is 0 Å². The zero-order chi connectivity index (χ0) is 17.8. The first-order valence-corrected chi connectivity index (χ1v) is 13.5. The summed E-state index contributed by atoms with van der Waals surface area (Å²) in [6, 6.07) is 0. The van der Waals surface area contributed by atoms with Crippen molar-refractivity contribution >= 4 is 35.9 Å². The van der Waals surface area contributed by atoms with Crippen LogP contribution in [0.3, 0.4) is 0 Å². The van der Waals surface area contributed by atoms with Crippen molar-refractivity contribution < 1.29 is 47.4 Å². The molecule has 0 bridgehead atoms. The SMILES string of the molecule is CO[Si]1(C)O[Si](OC)(OC)O[Si](OC)(OC)O[Si](OC)(OC)O1. The maximum atomic E-state index is 5.87. The van der Waals surface area contributed by atoms with Gasteiger partial charge in [0, 0.05) is 56.3 Å². The van der Waals surface area contributed by atoms with Crippen molar-refractivity contribution in [3.63, 3.8) is 0 Å². The lowest BCUT2D eigenvalue weighted by Gasteiger charge is -2.43. The van der Waals surface area contributed by atoms with Crippen LogP contribution in [-0.4, -0.2) is 85.7 Å². The van der Waals surface area contributed by atoms with E-state index in [1.54, 1.807) is 6.55 Å². The van der Waals surface area contributed by atoms with Crippen molar-refractivity contribution in [1.82, 2.24) is 0 Å². The molecule has 0 N–H and O–H groups in total. The van der Waals surface area contributed by atoms with E-state index in [1.807, 2.05) is 0 Å². The Kier molecular flexibility index (Phi) is 7.66. The van der Waals surface area contributed by atoms with Gasteiger partial charge < -0.3 is 47.4 Å². The van der Waals surface area contributed by atoms with Gasteiger partial charge in [0.1, 0.15) is 0 Å². The van der Waals surface area contributed by atoms with Crippen molar-refractivity contribution in [2.75, 3.05) is 49.8 Å². The zero-order valence-electron chi connectivity index (χ0n) is 14.5. The summed E-state index contributed by atoms with van der Waals surface area (Å²) in [5.74, 6) is 0. The van der Waals surface area contributed by atoms with Gasteiger partial charge in [-0.3, -0.25) is 0 Å². The summed E-state index contributed by atoms with van der Waals surface area (Å²) >= 11 is 0. The summed E-state index contributed by atoms with van der Waals surface area (Å²) in [5, 5.41) is 0. The molecule has 0 aromatic heterocycles. The topological polar surface area (TPSA) is 102 Å². The highest BCUT2D eigenvalue weighted by molar-refractivity contribution is 6.84. The van der Waals surface area contributed by atoms with E-state index in [0.29, 0.717) is 0 Å². The molecule has 0 atom stereocenters. The van der Waals surface area contributed by atoms with E-state index >= 15 is 0 Å². The molecular weight excluding hydrogens is 384 g/mol. The van der Waals surface area contributed by atoms with Crippen LogP contribution in [0.1, 0.15) is 0 Å². The predicted octanol–water partition coefficient (Wildman–Crippen LogP) is -0.533. The standard InChI is InChI=1S/C8H24O11Si4/c1-9-20(8)16-21(10-2,11-3)18-23(14-6,15-7)19-22(12-4,13-5)17-20/h1-8H3. The maximum Gasteiger partial charge on any atom is 0.667 e. The van der Waals surface area contributed by atoms with E-state index in [0.717, 1.165) is 0 Å². The lowest BCUT2D eigenvalue weighted by molar-refractivity contribution is -0.0626. The Balaban J connectivity index is 3.38. The molecule has 0 amide bonds. The van der Waals surface area contributed by atoms with Crippen molar-refractivity contribution in [1.29, 1.82) is 0 Å². The van der Waals surface area contributed by atoms with Crippen molar-refractivity contribution in [3.05, 3.63) is 0 Å². The predicted molar refractivity (Wildman–Crippen MR) is 82.3 cm³/mol. The van der Waals surface area contributed by atoms with Gasteiger partial charge in [-0.05, 0) is 0 Å². The molecule has 23 heavy (non-hydrogen) atoms. The number of hydrogen-bond acceptors (Lipinski definition) is 11. The molecule has 1 saturated heterocycles. The highest BCUT2D eigenvalue weighted by Gasteiger charge is 2.71. The monoisotopic (exact) mass is 408 g/mol. The molecule has 0 saturated carbocycles. The fourth-order valence-electron chi connectivity index (χ4n) is 1.68. The van der Waals surface area contributed by atoms with Crippen LogP contribution < -0.4 is 0 Å². The van der Waals surface area contributed by atoms with E-state index in [9.17, 15) is 0 Å². The number of hydrogen-bond donors (Lipinski definition) is 0. The van der Waals surface area contributed by atoms with Gasteiger partial charge in [-0.1, -0.05) is 0 Å². The molecule has 0 aliphatic carbocycles. The van der Waals surface area contributed by atoms with E-state index in [4.69, 9.17) is 47.4 Å².